The molecular formula is C19H24FN3O4. The number of halogens is 1. The molecule has 0 spiro atoms. The molecule has 2 amide bonds. The van der Waals surface area contributed by atoms with Crippen LogP contribution in [-0.4, -0.2) is 41.3 Å². The second-order valence-corrected chi connectivity index (χ2v) is 7.66. The van der Waals surface area contributed by atoms with Crippen molar-refractivity contribution in [1.82, 2.24) is 4.90 Å². The van der Waals surface area contributed by atoms with E-state index >= 15 is 0 Å². The lowest BCUT2D eigenvalue weighted by atomic mass is 9.86. The summed E-state index contributed by atoms with van der Waals surface area (Å²) in [5.41, 5.74) is -0.430. The number of nitro groups is 1. The maximum atomic E-state index is 13.5. The molecular weight excluding hydrogens is 353 g/mol. The molecule has 0 N–H and O–H groups in total. The number of nitrogens with zero attached hydrogens (tertiary/aromatic N) is 3. The van der Waals surface area contributed by atoms with Gasteiger partial charge in [0.05, 0.1) is 16.5 Å². The Labute approximate surface area is 157 Å². The minimum atomic E-state index is -0.950. The van der Waals surface area contributed by atoms with Crippen LogP contribution in [0.25, 0.3) is 0 Å². The zero-order valence-corrected chi connectivity index (χ0v) is 15.6. The summed E-state index contributed by atoms with van der Waals surface area (Å²) in [5.74, 6) is -1.09. The summed E-state index contributed by atoms with van der Waals surface area (Å²) >= 11 is 0. The average Bonchev–Trinajstić information content (AvgIpc) is 3.03. The highest BCUT2D eigenvalue weighted by Crippen LogP contribution is 2.32. The van der Waals surface area contributed by atoms with E-state index in [1.54, 1.807) is 11.9 Å². The molecule has 2 aliphatic rings. The highest BCUT2D eigenvalue weighted by molar-refractivity contribution is 6.00. The van der Waals surface area contributed by atoms with Gasteiger partial charge in [-0.05, 0) is 43.7 Å². The van der Waals surface area contributed by atoms with Crippen LogP contribution in [0.4, 0.5) is 15.8 Å². The van der Waals surface area contributed by atoms with E-state index in [0.29, 0.717) is 5.92 Å². The SMILES string of the molecule is CC1CCC(N(C)C(=O)C2CC(=O)N(c3ccc(F)c([N+](=O)[O-])c3)C2)CC1. The number of amides is 2. The van der Waals surface area contributed by atoms with Gasteiger partial charge in [0.15, 0.2) is 0 Å². The highest BCUT2D eigenvalue weighted by atomic mass is 19.1. The van der Waals surface area contributed by atoms with Crippen molar-refractivity contribution in [1.29, 1.82) is 0 Å². The third-order valence-electron chi connectivity index (χ3n) is 5.79. The van der Waals surface area contributed by atoms with Gasteiger partial charge in [-0.2, -0.15) is 4.39 Å². The molecule has 1 aliphatic carbocycles. The monoisotopic (exact) mass is 377 g/mol. The summed E-state index contributed by atoms with van der Waals surface area (Å²) in [5, 5.41) is 10.9. The third kappa shape index (κ3) is 3.94. The summed E-state index contributed by atoms with van der Waals surface area (Å²) in [6.45, 7) is 2.38. The Morgan fingerprint density at radius 1 is 1.30 bits per heavy atom. The van der Waals surface area contributed by atoms with E-state index in [1.165, 1.54) is 11.0 Å². The molecule has 1 aromatic carbocycles. The first-order valence-electron chi connectivity index (χ1n) is 9.29. The third-order valence-corrected chi connectivity index (χ3v) is 5.79. The molecule has 2 fully saturated rings. The summed E-state index contributed by atoms with van der Waals surface area (Å²) < 4.78 is 13.5. The Morgan fingerprint density at radius 3 is 2.59 bits per heavy atom. The van der Waals surface area contributed by atoms with E-state index in [-0.39, 0.29) is 36.5 Å². The number of benzene rings is 1. The van der Waals surface area contributed by atoms with Crippen molar-refractivity contribution in [2.75, 3.05) is 18.5 Å². The second kappa shape index (κ2) is 7.62. The summed E-state index contributed by atoms with van der Waals surface area (Å²) in [4.78, 5) is 38.5. The smallest absolute Gasteiger partial charge is 0.306 e. The quantitative estimate of drug-likeness (QED) is 0.596. The van der Waals surface area contributed by atoms with Gasteiger partial charge in [0.25, 0.3) is 0 Å². The van der Waals surface area contributed by atoms with Crippen molar-refractivity contribution in [3.8, 4) is 0 Å². The van der Waals surface area contributed by atoms with Gasteiger partial charge < -0.3 is 9.80 Å². The lowest BCUT2D eigenvalue weighted by molar-refractivity contribution is -0.387. The normalized spacial score (nSPS) is 25.5. The molecule has 0 bridgehead atoms. The number of nitro benzene ring substituents is 1. The van der Waals surface area contributed by atoms with Crippen LogP contribution in [0.5, 0.6) is 0 Å². The van der Waals surface area contributed by atoms with Gasteiger partial charge in [-0.25, -0.2) is 0 Å². The first kappa shape index (κ1) is 19.3. The molecule has 3 rings (SSSR count). The van der Waals surface area contributed by atoms with E-state index in [9.17, 15) is 24.1 Å². The van der Waals surface area contributed by atoms with E-state index in [4.69, 9.17) is 0 Å². The van der Waals surface area contributed by atoms with Gasteiger partial charge in [0.1, 0.15) is 0 Å². The Bertz CT molecular complexity index is 761. The lowest BCUT2D eigenvalue weighted by Gasteiger charge is -2.34. The summed E-state index contributed by atoms with van der Waals surface area (Å²) in [7, 11) is 1.79. The van der Waals surface area contributed by atoms with Crippen molar-refractivity contribution in [2.45, 2.75) is 45.1 Å². The van der Waals surface area contributed by atoms with Crippen LogP contribution < -0.4 is 4.90 Å². The molecule has 1 saturated carbocycles. The molecule has 7 nitrogen and oxygen atoms in total. The van der Waals surface area contributed by atoms with E-state index in [0.717, 1.165) is 37.8 Å². The molecule has 1 aliphatic heterocycles. The zero-order valence-electron chi connectivity index (χ0n) is 15.6. The molecule has 1 atom stereocenters. The fourth-order valence-corrected chi connectivity index (χ4v) is 4.03. The molecule has 8 heteroatoms. The van der Waals surface area contributed by atoms with Crippen LogP contribution >= 0.6 is 0 Å². The van der Waals surface area contributed by atoms with Crippen LogP contribution in [0, 0.1) is 27.8 Å². The average molecular weight is 377 g/mol. The maximum absolute atomic E-state index is 13.5. The van der Waals surface area contributed by atoms with Crippen LogP contribution in [0.3, 0.4) is 0 Å². The lowest BCUT2D eigenvalue weighted by Crippen LogP contribution is -2.43. The number of carbonyl (C=O) groups is 2. The Morgan fingerprint density at radius 2 is 1.96 bits per heavy atom. The molecule has 1 saturated heterocycles. The van der Waals surface area contributed by atoms with Gasteiger partial charge in [-0.15, -0.1) is 0 Å². The predicted molar refractivity (Wildman–Crippen MR) is 97.7 cm³/mol. The minimum Gasteiger partial charge on any atom is -0.342 e. The largest absolute Gasteiger partial charge is 0.342 e. The molecule has 146 valence electrons. The maximum Gasteiger partial charge on any atom is 0.306 e. The van der Waals surface area contributed by atoms with Crippen molar-refractivity contribution >= 4 is 23.2 Å². The Kier molecular flexibility index (Phi) is 5.43. The predicted octanol–water partition coefficient (Wildman–Crippen LogP) is 3.12. The zero-order chi connectivity index (χ0) is 19.7. The van der Waals surface area contributed by atoms with Crippen LogP contribution in [-0.2, 0) is 9.59 Å². The van der Waals surface area contributed by atoms with Gasteiger partial charge >= 0.3 is 5.69 Å². The van der Waals surface area contributed by atoms with Crippen molar-refractivity contribution < 1.29 is 18.9 Å². The van der Waals surface area contributed by atoms with Gasteiger partial charge in [-0.1, -0.05) is 6.92 Å². The summed E-state index contributed by atoms with van der Waals surface area (Å²) in [6.07, 6.45) is 4.20. The summed E-state index contributed by atoms with van der Waals surface area (Å²) in [6, 6.07) is 3.56. The first-order valence-corrected chi connectivity index (χ1v) is 9.29. The van der Waals surface area contributed by atoms with Crippen LogP contribution in [0.1, 0.15) is 39.0 Å². The van der Waals surface area contributed by atoms with Gasteiger partial charge in [0.2, 0.25) is 17.6 Å². The number of carbonyl (C=O) groups excluding carboxylic acids is 2. The van der Waals surface area contributed by atoms with E-state index in [2.05, 4.69) is 6.92 Å². The van der Waals surface area contributed by atoms with Crippen LogP contribution in [0.15, 0.2) is 18.2 Å². The standard InChI is InChI=1S/C19H24FN3O4/c1-12-3-5-14(6-4-12)21(2)19(25)13-9-18(24)22(11-13)15-7-8-16(20)17(10-15)23(26)27/h7-8,10,12-14H,3-6,9,11H2,1-2H3. The molecule has 0 radical (unpaired) electrons. The molecule has 27 heavy (non-hydrogen) atoms. The van der Waals surface area contributed by atoms with Crippen molar-refractivity contribution in [3.05, 3.63) is 34.1 Å². The number of hydrogen-bond donors (Lipinski definition) is 0. The van der Waals surface area contributed by atoms with E-state index < -0.39 is 22.3 Å². The van der Waals surface area contributed by atoms with Crippen molar-refractivity contribution in [2.24, 2.45) is 11.8 Å². The van der Waals surface area contributed by atoms with E-state index in [1.807, 2.05) is 0 Å². The number of rotatable bonds is 4. The Hall–Kier alpha value is -2.51. The van der Waals surface area contributed by atoms with Gasteiger partial charge in [0, 0.05) is 32.1 Å². The topological polar surface area (TPSA) is 83.8 Å². The number of hydrogen-bond acceptors (Lipinski definition) is 4. The fraction of sp³-hybridized carbons (Fsp3) is 0.579. The van der Waals surface area contributed by atoms with Crippen LogP contribution in [0.2, 0.25) is 0 Å². The second-order valence-electron chi connectivity index (χ2n) is 7.66. The minimum absolute atomic E-state index is 0.0669. The fourth-order valence-electron chi connectivity index (χ4n) is 4.03. The molecule has 1 unspecified atom stereocenters. The molecule has 0 aromatic heterocycles. The van der Waals surface area contributed by atoms with Gasteiger partial charge in [-0.3, -0.25) is 19.7 Å². The Balaban J connectivity index is 1.71. The highest BCUT2D eigenvalue weighted by Gasteiger charge is 2.38. The number of anilines is 1. The molecule has 1 heterocycles. The molecule has 1 aromatic rings. The first-order chi connectivity index (χ1) is 12.8. The van der Waals surface area contributed by atoms with Crippen molar-refractivity contribution in [3.63, 3.8) is 0 Å².